The number of hydrogen-bond acceptors (Lipinski definition) is 4. The largest absolute Gasteiger partial charge is 0.494 e. The highest BCUT2D eigenvalue weighted by atomic mass is 16.5. The highest BCUT2D eigenvalue weighted by Gasteiger charge is 2.22. The smallest absolute Gasteiger partial charge is 0.228 e. The first-order chi connectivity index (χ1) is 11.3. The van der Waals surface area contributed by atoms with Gasteiger partial charge in [0.05, 0.1) is 30.6 Å². The maximum absolute atomic E-state index is 12.3. The molecule has 0 saturated carbocycles. The molecule has 2 heterocycles. The molecule has 1 unspecified atom stereocenters. The lowest BCUT2D eigenvalue weighted by molar-refractivity contribution is -0.115. The summed E-state index contributed by atoms with van der Waals surface area (Å²) in [4.78, 5) is 12.3. The standard InChI is InChI=1S/C17H22N4O2/c1-2-23-14-5-3-12(4-6-14)9-16(22)20-15-11-19-21-17(15)13-7-8-18-10-13/h3-6,11,13,18H,2,7-10H2,1H3,(H,19,21)(H,20,22). The van der Waals surface area contributed by atoms with Gasteiger partial charge in [0, 0.05) is 12.5 Å². The molecule has 1 amide bonds. The molecule has 1 aliphatic rings. The zero-order valence-corrected chi connectivity index (χ0v) is 13.3. The van der Waals surface area contributed by atoms with Gasteiger partial charge in [-0.15, -0.1) is 0 Å². The molecule has 0 spiro atoms. The zero-order chi connectivity index (χ0) is 16.1. The second kappa shape index (κ2) is 7.28. The summed E-state index contributed by atoms with van der Waals surface area (Å²) in [6.07, 6.45) is 3.08. The molecule has 1 saturated heterocycles. The molecule has 1 atom stereocenters. The van der Waals surface area contributed by atoms with Crippen LogP contribution in [0.4, 0.5) is 5.69 Å². The maximum atomic E-state index is 12.3. The molecule has 0 bridgehead atoms. The van der Waals surface area contributed by atoms with Crippen molar-refractivity contribution in [3.8, 4) is 5.75 Å². The number of amides is 1. The molecule has 1 aromatic heterocycles. The quantitative estimate of drug-likeness (QED) is 0.762. The Kier molecular flexibility index (Phi) is 4.92. The number of nitrogens with one attached hydrogen (secondary N) is 3. The van der Waals surface area contributed by atoms with Gasteiger partial charge >= 0.3 is 0 Å². The van der Waals surface area contributed by atoms with Crippen LogP contribution in [0.2, 0.25) is 0 Å². The van der Waals surface area contributed by atoms with Crippen molar-refractivity contribution in [1.29, 1.82) is 0 Å². The fourth-order valence-corrected chi connectivity index (χ4v) is 2.86. The van der Waals surface area contributed by atoms with Crippen molar-refractivity contribution in [2.45, 2.75) is 25.7 Å². The number of benzene rings is 1. The van der Waals surface area contributed by atoms with E-state index in [-0.39, 0.29) is 5.91 Å². The lowest BCUT2D eigenvalue weighted by atomic mass is 10.0. The van der Waals surface area contributed by atoms with Gasteiger partial charge in [-0.3, -0.25) is 9.89 Å². The molecule has 3 rings (SSSR count). The zero-order valence-electron chi connectivity index (χ0n) is 13.3. The second-order valence-corrected chi connectivity index (χ2v) is 5.69. The minimum absolute atomic E-state index is 0.0391. The third-order valence-corrected chi connectivity index (χ3v) is 4.01. The van der Waals surface area contributed by atoms with E-state index in [1.54, 1.807) is 6.20 Å². The summed E-state index contributed by atoms with van der Waals surface area (Å²) in [5.41, 5.74) is 2.75. The minimum Gasteiger partial charge on any atom is -0.494 e. The molecule has 23 heavy (non-hydrogen) atoms. The molecule has 0 aliphatic carbocycles. The Morgan fingerprint density at radius 3 is 2.91 bits per heavy atom. The van der Waals surface area contributed by atoms with Crippen molar-refractivity contribution in [2.75, 3.05) is 25.0 Å². The van der Waals surface area contributed by atoms with Gasteiger partial charge in [0.15, 0.2) is 0 Å². The summed E-state index contributed by atoms with van der Waals surface area (Å²) in [7, 11) is 0. The van der Waals surface area contributed by atoms with Crippen molar-refractivity contribution < 1.29 is 9.53 Å². The van der Waals surface area contributed by atoms with Crippen LogP contribution in [0, 0.1) is 0 Å². The van der Waals surface area contributed by atoms with E-state index < -0.39 is 0 Å². The van der Waals surface area contributed by atoms with Crippen LogP contribution < -0.4 is 15.4 Å². The van der Waals surface area contributed by atoms with Gasteiger partial charge in [0.2, 0.25) is 5.91 Å². The van der Waals surface area contributed by atoms with Crippen LogP contribution in [0.1, 0.15) is 30.5 Å². The van der Waals surface area contributed by atoms with Crippen LogP contribution in [0.5, 0.6) is 5.75 Å². The van der Waals surface area contributed by atoms with Gasteiger partial charge in [-0.25, -0.2) is 0 Å². The predicted octanol–water partition coefficient (Wildman–Crippen LogP) is 2.07. The van der Waals surface area contributed by atoms with Gasteiger partial charge in [0.25, 0.3) is 0 Å². The van der Waals surface area contributed by atoms with Crippen molar-refractivity contribution in [3.63, 3.8) is 0 Å². The van der Waals surface area contributed by atoms with Gasteiger partial charge in [-0.2, -0.15) is 5.10 Å². The number of carbonyl (C=O) groups excluding carboxylic acids is 1. The summed E-state index contributed by atoms with van der Waals surface area (Å²) in [5.74, 6) is 1.17. The monoisotopic (exact) mass is 314 g/mol. The molecular weight excluding hydrogens is 292 g/mol. The number of hydrogen-bond donors (Lipinski definition) is 3. The minimum atomic E-state index is -0.0391. The maximum Gasteiger partial charge on any atom is 0.228 e. The third-order valence-electron chi connectivity index (χ3n) is 4.01. The first-order valence-corrected chi connectivity index (χ1v) is 8.02. The number of ether oxygens (including phenoxy) is 1. The molecule has 1 aromatic carbocycles. The number of carbonyl (C=O) groups is 1. The summed E-state index contributed by atoms with van der Waals surface area (Å²) in [6, 6.07) is 7.61. The third kappa shape index (κ3) is 3.90. The van der Waals surface area contributed by atoms with Gasteiger partial charge in [0.1, 0.15) is 5.75 Å². The number of rotatable bonds is 6. The fourth-order valence-electron chi connectivity index (χ4n) is 2.86. The molecule has 6 heteroatoms. The molecule has 2 aromatic rings. The summed E-state index contributed by atoms with van der Waals surface area (Å²) in [5, 5.41) is 13.4. The van der Waals surface area contributed by atoms with Crippen LogP contribution in [0.15, 0.2) is 30.5 Å². The van der Waals surface area contributed by atoms with E-state index in [0.717, 1.165) is 42.2 Å². The normalized spacial score (nSPS) is 17.2. The van der Waals surface area contributed by atoms with E-state index in [1.165, 1.54) is 0 Å². The Morgan fingerprint density at radius 1 is 1.39 bits per heavy atom. The molecule has 0 radical (unpaired) electrons. The number of nitrogens with zero attached hydrogens (tertiary/aromatic N) is 1. The highest BCUT2D eigenvalue weighted by Crippen LogP contribution is 2.26. The van der Waals surface area contributed by atoms with E-state index >= 15 is 0 Å². The average molecular weight is 314 g/mol. The van der Waals surface area contributed by atoms with Gasteiger partial charge in [-0.05, 0) is 37.6 Å². The average Bonchev–Trinajstić information content (AvgIpc) is 3.20. The number of aromatic nitrogens is 2. The van der Waals surface area contributed by atoms with Crippen LogP contribution in [0.3, 0.4) is 0 Å². The topological polar surface area (TPSA) is 79.0 Å². The molecule has 3 N–H and O–H groups in total. The Bertz CT molecular complexity index is 645. The number of aromatic amines is 1. The molecule has 6 nitrogen and oxygen atoms in total. The summed E-state index contributed by atoms with van der Waals surface area (Å²) in [6.45, 7) is 4.51. The van der Waals surface area contributed by atoms with Crippen LogP contribution in [-0.4, -0.2) is 35.8 Å². The van der Waals surface area contributed by atoms with Crippen molar-refractivity contribution in [2.24, 2.45) is 0 Å². The number of anilines is 1. The lowest BCUT2D eigenvalue weighted by Gasteiger charge is -2.10. The lowest BCUT2D eigenvalue weighted by Crippen LogP contribution is -2.16. The van der Waals surface area contributed by atoms with E-state index in [2.05, 4.69) is 20.8 Å². The SMILES string of the molecule is CCOc1ccc(CC(=O)Nc2cn[nH]c2C2CCNC2)cc1. The first-order valence-electron chi connectivity index (χ1n) is 8.02. The Labute approximate surface area is 135 Å². The second-order valence-electron chi connectivity index (χ2n) is 5.69. The first kappa shape index (κ1) is 15.6. The fraction of sp³-hybridized carbons (Fsp3) is 0.412. The van der Waals surface area contributed by atoms with Crippen molar-refractivity contribution in [3.05, 3.63) is 41.7 Å². The predicted molar refractivity (Wildman–Crippen MR) is 88.8 cm³/mol. The Hall–Kier alpha value is -2.34. The molecular formula is C17H22N4O2. The van der Waals surface area contributed by atoms with E-state index in [4.69, 9.17) is 4.74 Å². The Balaban J connectivity index is 1.60. The van der Waals surface area contributed by atoms with E-state index in [1.807, 2.05) is 31.2 Å². The Morgan fingerprint density at radius 2 is 2.22 bits per heavy atom. The van der Waals surface area contributed by atoms with E-state index in [9.17, 15) is 4.79 Å². The summed E-state index contributed by atoms with van der Waals surface area (Å²) >= 11 is 0. The van der Waals surface area contributed by atoms with Gasteiger partial charge in [-0.1, -0.05) is 12.1 Å². The van der Waals surface area contributed by atoms with Crippen LogP contribution >= 0.6 is 0 Å². The van der Waals surface area contributed by atoms with Gasteiger partial charge < -0.3 is 15.4 Å². The van der Waals surface area contributed by atoms with E-state index in [0.29, 0.717) is 18.9 Å². The molecule has 1 fully saturated rings. The highest BCUT2D eigenvalue weighted by molar-refractivity contribution is 5.92. The number of H-pyrrole nitrogens is 1. The van der Waals surface area contributed by atoms with Crippen molar-refractivity contribution in [1.82, 2.24) is 15.5 Å². The molecule has 122 valence electrons. The molecule has 1 aliphatic heterocycles. The van der Waals surface area contributed by atoms with Crippen LogP contribution in [0.25, 0.3) is 0 Å². The van der Waals surface area contributed by atoms with Crippen LogP contribution in [-0.2, 0) is 11.2 Å². The van der Waals surface area contributed by atoms with Crippen molar-refractivity contribution >= 4 is 11.6 Å². The summed E-state index contributed by atoms with van der Waals surface area (Å²) < 4.78 is 5.40.